The van der Waals surface area contributed by atoms with Gasteiger partial charge in [0.05, 0.1) is 24.2 Å². The topological polar surface area (TPSA) is 88.1 Å². The van der Waals surface area contributed by atoms with Gasteiger partial charge >= 0.3 is 6.09 Å². The molecule has 7 heteroatoms. The number of carbonyl (C=O) groups excluding carboxylic acids is 2. The fourth-order valence-electron chi connectivity index (χ4n) is 5.41. The second-order valence-electron chi connectivity index (χ2n) is 10.3. The number of hydrogen-bond donors (Lipinski definition) is 2. The molecule has 0 radical (unpaired) electrons. The number of benzene rings is 2. The van der Waals surface area contributed by atoms with E-state index in [0.717, 1.165) is 49.0 Å². The molecule has 200 valence electrons. The van der Waals surface area contributed by atoms with E-state index < -0.39 is 17.6 Å². The number of nitrogens with one attached hydrogen (secondary N) is 1. The Morgan fingerprint density at radius 3 is 2.51 bits per heavy atom. The molecule has 2 atom stereocenters. The van der Waals surface area contributed by atoms with Gasteiger partial charge in [0.1, 0.15) is 12.4 Å². The van der Waals surface area contributed by atoms with E-state index in [9.17, 15) is 14.7 Å². The monoisotopic (exact) mass is 508 g/mol. The Bertz CT molecular complexity index is 1000. The molecule has 1 aliphatic heterocycles. The van der Waals surface area contributed by atoms with Crippen molar-refractivity contribution in [3.63, 3.8) is 0 Å². The zero-order chi connectivity index (χ0) is 26.1. The molecule has 2 fully saturated rings. The van der Waals surface area contributed by atoms with Crippen molar-refractivity contribution >= 4 is 12.0 Å². The number of ether oxygens (including phenoxy) is 2. The summed E-state index contributed by atoms with van der Waals surface area (Å²) in [6.45, 7) is 3.88. The van der Waals surface area contributed by atoms with Gasteiger partial charge in [0.15, 0.2) is 0 Å². The van der Waals surface area contributed by atoms with Gasteiger partial charge in [0.25, 0.3) is 0 Å². The van der Waals surface area contributed by atoms with Crippen LogP contribution in [0.15, 0.2) is 54.6 Å². The van der Waals surface area contributed by atoms with Crippen LogP contribution >= 0.6 is 0 Å². The third-order valence-electron chi connectivity index (χ3n) is 7.52. The fourth-order valence-corrected chi connectivity index (χ4v) is 5.41. The van der Waals surface area contributed by atoms with Crippen LogP contribution in [0.4, 0.5) is 4.79 Å². The molecule has 2 aromatic rings. The van der Waals surface area contributed by atoms with Crippen molar-refractivity contribution in [3.05, 3.63) is 65.7 Å². The van der Waals surface area contributed by atoms with Gasteiger partial charge in [-0.15, -0.1) is 0 Å². The minimum atomic E-state index is -1.08. The zero-order valence-electron chi connectivity index (χ0n) is 21.9. The molecule has 1 unspecified atom stereocenters. The molecule has 2 N–H and O–H groups in total. The second-order valence-corrected chi connectivity index (χ2v) is 10.3. The van der Waals surface area contributed by atoms with Gasteiger partial charge in [-0.05, 0) is 48.9 Å². The molecule has 1 saturated carbocycles. The lowest BCUT2D eigenvalue weighted by Crippen LogP contribution is -2.48. The van der Waals surface area contributed by atoms with Gasteiger partial charge < -0.3 is 24.8 Å². The van der Waals surface area contributed by atoms with Gasteiger partial charge in [0.2, 0.25) is 5.91 Å². The van der Waals surface area contributed by atoms with Crippen LogP contribution in [0.25, 0.3) is 0 Å². The lowest BCUT2D eigenvalue weighted by molar-refractivity contribution is -0.140. The van der Waals surface area contributed by atoms with Crippen molar-refractivity contribution in [2.75, 3.05) is 19.7 Å². The number of aliphatic hydroxyl groups is 1. The van der Waals surface area contributed by atoms with Crippen molar-refractivity contribution < 1.29 is 24.2 Å². The molecule has 1 saturated heterocycles. The van der Waals surface area contributed by atoms with Crippen molar-refractivity contribution in [1.29, 1.82) is 0 Å². The molecular formula is C30H40N2O5. The highest BCUT2D eigenvalue weighted by molar-refractivity contribution is 5.85. The standard InChI is InChI=1S/C30H40N2O5/c1-2-3-20-36-29(34)31-25-16-19-32(21-25)28(33)27(30(35)17-8-5-9-18-30)24-12-14-26(15-13-24)37-22-23-10-6-4-7-11-23/h4,6-7,10-15,25,27,35H,2-3,5,8-9,16-22H2,1H3,(H,31,34)/t25-,27?/m1/s1. The number of unbranched alkanes of at least 4 members (excludes halogenated alkanes) is 1. The van der Waals surface area contributed by atoms with Gasteiger partial charge in [0, 0.05) is 13.1 Å². The van der Waals surface area contributed by atoms with E-state index in [2.05, 4.69) is 5.32 Å². The summed E-state index contributed by atoms with van der Waals surface area (Å²) >= 11 is 0. The quantitative estimate of drug-likeness (QED) is 0.432. The highest BCUT2D eigenvalue weighted by atomic mass is 16.5. The first kappa shape index (κ1) is 27.0. The predicted molar refractivity (Wildman–Crippen MR) is 142 cm³/mol. The molecule has 2 aromatic carbocycles. The summed E-state index contributed by atoms with van der Waals surface area (Å²) in [5.41, 5.74) is 0.811. The summed E-state index contributed by atoms with van der Waals surface area (Å²) in [5, 5.41) is 14.6. The van der Waals surface area contributed by atoms with Crippen LogP contribution in [0.2, 0.25) is 0 Å². The Morgan fingerprint density at radius 1 is 1.08 bits per heavy atom. The Labute approximate surface area is 220 Å². The number of alkyl carbamates (subject to hydrolysis) is 1. The van der Waals surface area contributed by atoms with Gasteiger partial charge in [-0.25, -0.2) is 4.79 Å². The first-order valence-electron chi connectivity index (χ1n) is 13.7. The first-order valence-corrected chi connectivity index (χ1v) is 13.7. The smallest absolute Gasteiger partial charge is 0.407 e. The molecule has 0 spiro atoms. The van der Waals surface area contributed by atoms with E-state index >= 15 is 0 Å². The first-order chi connectivity index (χ1) is 18.0. The molecule has 1 aliphatic carbocycles. The van der Waals surface area contributed by atoms with Crippen molar-refractivity contribution in [3.8, 4) is 5.75 Å². The van der Waals surface area contributed by atoms with Gasteiger partial charge in [-0.3, -0.25) is 4.79 Å². The van der Waals surface area contributed by atoms with Gasteiger partial charge in [-0.2, -0.15) is 0 Å². The van der Waals surface area contributed by atoms with Crippen molar-refractivity contribution in [2.24, 2.45) is 0 Å². The molecule has 0 aromatic heterocycles. The van der Waals surface area contributed by atoms with E-state index in [1.807, 2.05) is 61.5 Å². The largest absolute Gasteiger partial charge is 0.489 e. The summed E-state index contributed by atoms with van der Waals surface area (Å²) in [6, 6.07) is 17.4. The Morgan fingerprint density at radius 2 is 1.81 bits per heavy atom. The minimum Gasteiger partial charge on any atom is -0.489 e. The average Bonchev–Trinajstić information content (AvgIpc) is 3.38. The molecule has 1 heterocycles. The fraction of sp³-hybridized carbons (Fsp3) is 0.533. The average molecular weight is 509 g/mol. The third kappa shape index (κ3) is 7.25. The number of nitrogens with zero attached hydrogens (tertiary/aromatic N) is 1. The van der Waals surface area contributed by atoms with Crippen LogP contribution in [0, 0.1) is 0 Å². The molecule has 2 aliphatic rings. The van der Waals surface area contributed by atoms with E-state index in [0.29, 0.717) is 45.6 Å². The summed E-state index contributed by atoms with van der Waals surface area (Å²) in [4.78, 5) is 27.8. The highest BCUT2D eigenvalue weighted by Gasteiger charge is 2.45. The van der Waals surface area contributed by atoms with E-state index in [1.54, 1.807) is 4.90 Å². The summed E-state index contributed by atoms with van der Waals surface area (Å²) in [6.07, 6.45) is 6.14. The normalized spacial score (nSPS) is 19.7. The SMILES string of the molecule is CCCCOC(=O)N[C@@H]1CCN(C(=O)C(c2ccc(OCc3ccccc3)cc2)C2(O)CCCCC2)C1. The van der Waals surface area contributed by atoms with Crippen LogP contribution in [0.5, 0.6) is 5.75 Å². The van der Waals surface area contributed by atoms with Crippen LogP contribution in [-0.2, 0) is 16.1 Å². The molecule has 4 rings (SSSR count). The van der Waals surface area contributed by atoms with Gasteiger partial charge in [-0.1, -0.05) is 75.1 Å². The zero-order valence-corrected chi connectivity index (χ0v) is 21.9. The molecule has 7 nitrogen and oxygen atoms in total. The number of carbonyl (C=O) groups is 2. The lowest BCUT2D eigenvalue weighted by atomic mass is 9.72. The molecule has 2 amide bonds. The Kier molecular flexibility index (Phi) is 9.45. The van der Waals surface area contributed by atoms with Crippen molar-refractivity contribution in [2.45, 2.75) is 82.5 Å². The maximum atomic E-state index is 13.9. The van der Waals surface area contributed by atoms with E-state index in [-0.39, 0.29) is 11.9 Å². The molecule has 37 heavy (non-hydrogen) atoms. The maximum Gasteiger partial charge on any atom is 0.407 e. The number of hydrogen-bond acceptors (Lipinski definition) is 5. The summed E-state index contributed by atoms with van der Waals surface area (Å²) < 4.78 is 11.2. The summed E-state index contributed by atoms with van der Waals surface area (Å²) in [7, 11) is 0. The van der Waals surface area contributed by atoms with Crippen LogP contribution in [0.3, 0.4) is 0 Å². The number of rotatable bonds is 10. The number of likely N-dealkylation sites (tertiary alicyclic amines) is 1. The maximum absolute atomic E-state index is 13.9. The van der Waals surface area contributed by atoms with E-state index in [1.165, 1.54) is 0 Å². The van der Waals surface area contributed by atoms with Crippen LogP contribution in [-0.4, -0.2) is 53.3 Å². The summed E-state index contributed by atoms with van der Waals surface area (Å²) in [5.74, 6) is -0.00121. The highest BCUT2D eigenvalue weighted by Crippen LogP contribution is 2.42. The van der Waals surface area contributed by atoms with Crippen LogP contribution in [0.1, 0.15) is 75.3 Å². The molecular weight excluding hydrogens is 468 g/mol. The minimum absolute atomic E-state index is 0.0778. The Hall–Kier alpha value is -3.06. The lowest BCUT2D eigenvalue weighted by Gasteiger charge is -2.40. The van der Waals surface area contributed by atoms with Crippen molar-refractivity contribution in [1.82, 2.24) is 10.2 Å². The number of amides is 2. The predicted octanol–water partition coefficient (Wildman–Crippen LogP) is 5.17. The molecule has 0 bridgehead atoms. The second kappa shape index (κ2) is 13.0. The van der Waals surface area contributed by atoms with E-state index in [4.69, 9.17) is 9.47 Å². The van der Waals surface area contributed by atoms with Crippen LogP contribution < -0.4 is 10.1 Å². The third-order valence-corrected chi connectivity index (χ3v) is 7.52. The Balaban J connectivity index is 1.43.